The molecule has 1 heterocycles. The van der Waals surface area contributed by atoms with Gasteiger partial charge in [-0.2, -0.15) is 0 Å². The fourth-order valence-corrected chi connectivity index (χ4v) is 4.08. The number of amides is 2. The van der Waals surface area contributed by atoms with E-state index in [0.29, 0.717) is 12.2 Å². The molecule has 6 nitrogen and oxygen atoms in total. The fourth-order valence-electron chi connectivity index (χ4n) is 4.08. The maximum absolute atomic E-state index is 13.2. The van der Waals surface area contributed by atoms with Crippen molar-refractivity contribution in [2.75, 3.05) is 18.6 Å². The van der Waals surface area contributed by atoms with Gasteiger partial charge in [-0.3, -0.25) is 10.1 Å². The van der Waals surface area contributed by atoms with Crippen LogP contribution in [0.4, 0.5) is 10.5 Å². The number of hydrogen-bond donors (Lipinski definition) is 1. The molecule has 0 saturated heterocycles. The first kappa shape index (κ1) is 26.2. The van der Waals surface area contributed by atoms with Gasteiger partial charge in [-0.15, -0.1) is 0 Å². The Balaban J connectivity index is 1.92. The lowest BCUT2D eigenvalue weighted by atomic mass is 10.0. The van der Waals surface area contributed by atoms with Crippen molar-refractivity contribution in [3.63, 3.8) is 0 Å². The van der Waals surface area contributed by atoms with E-state index >= 15 is 0 Å². The quantitative estimate of drug-likeness (QED) is 0.286. The maximum Gasteiger partial charge on any atom is 0.410 e. The van der Waals surface area contributed by atoms with Crippen LogP contribution in [0.25, 0.3) is 0 Å². The first-order chi connectivity index (χ1) is 15.2. The van der Waals surface area contributed by atoms with E-state index in [1.165, 1.54) is 49.8 Å². The molecule has 1 aromatic rings. The van der Waals surface area contributed by atoms with Crippen molar-refractivity contribution in [1.29, 1.82) is 0 Å². The number of alkyl carbamates (subject to hydrolysis) is 1. The number of benzene rings is 1. The summed E-state index contributed by atoms with van der Waals surface area (Å²) in [6.07, 6.45) is 11.5. The number of carbonyl (C=O) groups is 2. The molecule has 0 spiro atoms. The summed E-state index contributed by atoms with van der Waals surface area (Å²) in [4.78, 5) is 27.4. The molecule has 1 aliphatic heterocycles. The van der Waals surface area contributed by atoms with Crippen LogP contribution in [0.1, 0.15) is 97.5 Å². The zero-order chi connectivity index (χ0) is 23.6. The highest BCUT2D eigenvalue weighted by molar-refractivity contribution is 6.07. The van der Waals surface area contributed by atoms with Gasteiger partial charge in [0.25, 0.3) is 11.6 Å². The van der Waals surface area contributed by atoms with Crippen LogP contribution in [0, 0.1) is 0 Å². The summed E-state index contributed by atoms with van der Waals surface area (Å²) in [5.41, 5.74) is -0.843. The Kier molecular flexibility index (Phi) is 10.0. The van der Waals surface area contributed by atoms with Gasteiger partial charge in [-0.05, 0) is 33.3 Å². The number of unbranched alkanes of at least 4 members (excludes halogenated alkanes) is 9. The molecule has 0 aliphatic carbocycles. The van der Waals surface area contributed by atoms with Crippen LogP contribution in [0.15, 0.2) is 24.3 Å². The van der Waals surface area contributed by atoms with Gasteiger partial charge in [0.05, 0.1) is 12.3 Å². The van der Waals surface area contributed by atoms with Gasteiger partial charge in [0.2, 0.25) is 0 Å². The minimum absolute atomic E-state index is 0.309. The third kappa shape index (κ3) is 7.22. The van der Waals surface area contributed by atoms with E-state index in [0.717, 1.165) is 24.9 Å². The Bertz CT molecular complexity index is 744. The third-order valence-electron chi connectivity index (χ3n) is 5.74. The molecule has 2 amide bonds. The molecule has 1 aliphatic rings. The molecular formula is C26H42N2O4. The highest BCUT2D eigenvalue weighted by atomic mass is 16.6. The Hall–Kier alpha value is -2.08. The van der Waals surface area contributed by atoms with Crippen molar-refractivity contribution >= 4 is 17.7 Å². The van der Waals surface area contributed by atoms with E-state index in [1.807, 2.05) is 24.3 Å². The van der Waals surface area contributed by atoms with E-state index in [4.69, 9.17) is 9.47 Å². The lowest BCUT2D eigenvalue weighted by molar-refractivity contribution is -0.148. The van der Waals surface area contributed by atoms with Gasteiger partial charge in [0.15, 0.2) is 0 Å². The second-order valence-corrected chi connectivity index (χ2v) is 9.72. The predicted octanol–water partition coefficient (Wildman–Crippen LogP) is 6.28. The topological polar surface area (TPSA) is 67.9 Å². The summed E-state index contributed by atoms with van der Waals surface area (Å²) in [5.74, 6) is -0.309. The normalized spacial score (nSPS) is 18.0. The van der Waals surface area contributed by atoms with Crippen molar-refractivity contribution in [3.8, 4) is 0 Å². The molecular weight excluding hydrogens is 404 g/mol. The zero-order valence-corrected chi connectivity index (χ0v) is 20.7. The first-order valence-electron chi connectivity index (χ1n) is 12.2. The molecule has 1 atom stereocenters. The van der Waals surface area contributed by atoms with E-state index in [1.54, 1.807) is 27.8 Å². The van der Waals surface area contributed by atoms with Gasteiger partial charge in [-0.1, -0.05) is 82.9 Å². The lowest BCUT2D eigenvalue weighted by Crippen LogP contribution is -2.55. The summed E-state index contributed by atoms with van der Waals surface area (Å²) >= 11 is 0. The summed E-state index contributed by atoms with van der Waals surface area (Å²) < 4.78 is 11.6. The van der Waals surface area contributed by atoms with Crippen LogP contribution < -0.4 is 10.2 Å². The molecule has 0 unspecified atom stereocenters. The number of rotatable bonds is 13. The predicted molar refractivity (Wildman–Crippen MR) is 129 cm³/mol. The molecule has 0 aromatic heterocycles. The van der Waals surface area contributed by atoms with Crippen LogP contribution in [0.2, 0.25) is 0 Å². The molecule has 0 fully saturated rings. The van der Waals surface area contributed by atoms with E-state index in [-0.39, 0.29) is 5.91 Å². The Morgan fingerprint density at radius 1 is 0.969 bits per heavy atom. The smallest absolute Gasteiger partial charge is 0.410 e. The van der Waals surface area contributed by atoms with Crippen LogP contribution in [-0.4, -0.2) is 31.3 Å². The van der Waals surface area contributed by atoms with E-state index in [9.17, 15) is 9.59 Å². The Morgan fingerprint density at radius 3 is 2.12 bits per heavy atom. The molecule has 1 N–H and O–H groups in total. The fraction of sp³-hybridized carbons (Fsp3) is 0.692. The molecule has 2 rings (SSSR count). The second-order valence-electron chi connectivity index (χ2n) is 9.72. The van der Waals surface area contributed by atoms with Crippen molar-refractivity contribution in [2.24, 2.45) is 0 Å². The minimum Gasteiger partial charge on any atom is -0.444 e. The highest BCUT2D eigenvalue weighted by Crippen LogP contribution is 2.40. The molecule has 0 bridgehead atoms. The van der Waals surface area contributed by atoms with Gasteiger partial charge < -0.3 is 14.4 Å². The molecule has 6 heteroatoms. The Labute approximate surface area is 194 Å². The van der Waals surface area contributed by atoms with E-state index in [2.05, 4.69) is 12.2 Å². The molecule has 32 heavy (non-hydrogen) atoms. The Morgan fingerprint density at radius 2 is 1.53 bits per heavy atom. The minimum atomic E-state index is -1.55. The summed E-state index contributed by atoms with van der Waals surface area (Å²) in [6, 6.07) is 7.40. The SMILES string of the molecule is CCCCCCCCCCCCO[C@@]1(NC(=O)OC(C)(C)C)C(=O)N(C)c2ccccc21. The van der Waals surface area contributed by atoms with Crippen LogP contribution in [0.3, 0.4) is 0 Å². The number of ether oxygens (including phenoxy) is 2. The largest absolute Gasteiger partial charge is 0.444 e. The number of anilines is 1. The molecule has 180 valence electrons. The number of likely N-dealkylation sites (N-methyl/N-ethyl adjacent to an activating group) is 1. The number of carbonyl (C=O) groups excluding carboxylic acids is 2. The number of hydrogen-bond acceptors (Lipinski definition) is 4. The van der Waals surface area contributed by atoms with Gasteiger partial charge in [0.1, 0.15) is 5.60 Å². The third-order valence-corrected chi connectivity index (χ3v) is 5.74. The number of nitrogens with zero attached hydrogens (tertiary/aromatic N) is 1. The maximum atomic E-state index is 13.2. The number of para-hydroxylation sites is 1. The summed E-state index contributed by atoms with van der Waals surface area (Å²) in [5, 5.41) is 2.75. The molecule has 0 saturated carbocycles. The standard InChI is InChI=1S/C26H42N2O4/c1-6-7-8-9-10-11-12-13-14-17-20-31-26(27-24(30)32-25(2,3)4)21-18-15-16-19-22(21)28(5)23(26)29/h15-16,18-19H,6-14,17,20H2,1-5H3,(H,27,30)/t26-/m1/s1. The van der Waals surface area contributed by atoms with Crippen LogP contribution in [-0.2, 0) is 20.0 Å². The van der Waals surface area contributed by atoms with Gasteiger partial charge >= 0.3 is 6.09 Å². The lowest BCUT2D eigenvalue weighted by Gasteiger charge is -2.31. The number of fused-ring (bicyclic) bond motifs is 1. The first-order valence-corrected chi connectivity index (χ1v) is 12.2. The average molecular weight is 447 g/mol. The van der Waals surface area contributed by atoms with Crippen molar-refractivity contribution in [1.82, 2.24) is 5.32 Å². The monoisotopic (exact) mass is 446 g/mol. The highest BCUT2D eigenvalue weighted by Gasteiger charge is 2.53. The van der Waals surface area contributed by atoms with Crippen molar-refractivity contribution in [2.45, 2.75) is 103 Å². The number of nitrogens with one attached hydrogen (secondary N) is 1. The summed E-state index contributed by atoms with van der Waals surface area (Å²) in [7, 11) is 1.70. The summed E-state index contributed by atoms with van der Waals surface area (Å²) in [6.45, 7) is 8.01. The van der Waals surface area contributed by atoms with Gasteiger partial charge in [0, 0.05) is 12.6 Å². The average Bonchev–Trinajstić information content (AvgIpc) is 2.93. The van der Waals surface area contributed by atoms with E-state index < -0.39 is 17.4 Å². The van der Waals surface area contributed by atoms with Crippen LogP contribution >= 0.6 is 0 Å². The van der Waals surface area contributed by atoms with Crippen molar-refractivity contribution in [3.05, 3.63) is 29.8 Å². The van der Waals surface area contributed by atoms with Crippen LogP contribution in [0.5, 0.6) is 0 Å². The van der Waals surface area contributed by atoms with Gasteiger partial charge in [-0.25, -0.2) is 4.79 Å². The second kappa shape index (κ2) is 12.2. The zero-order valence-electron chi connectivity index (χ0n) is 20.7. The molecule has 0 radical (unpaired) electrons. The van der Waals surface area contributed by atoms with Crippen molar-refractivity contribution < 1.29 is 19.1 Å². The molecule has 1 aromatic carbocycles.